The maximum Gasteiger partial charge on any atom is 0.220 e. The van der Waals surface area contributed by atoms with Crippen LogP contribution >= 0.6 is 0 Å². The van der Waals surface area contributed by atoms with Crippen molar-refractivity contribution < 1.29 is 17.9 Å². The predicted octanol–water partition coefficient (Wildman–Crippen LogP) is 3.52. The monoisotopic (exact) mass is 427 g/mol. The zero-order valence-corrected chi connectivity index (χ0v) is 17.8. The molecule has 0 aliphatic rings. The second kappa shape index (κ2) is 9.58. The summed E-state index contributed by atoms with van der Waals surface area (Å²) in [6.45, 7) is 2.24. The van der Waals surface area contributed by atoms with Crippen LogP contribution in [0.3, 0.4) is 0 Å². The fourth-order valence-electron chi connectivity index (χ4n) is 2.91. The summed E-state index contributed by atoms with van der Waals surface area (Å²) in [6, 6.07) is 15.9. The number of H-pyrrole nitrogens is 1. The third kappa shape index (κ3) is 5.93. The molecule has 2 N–H and O–H groups in total. The Morgan fingerprint density at radius 3 is 2.50 bits per heavy atom. The summed E-state index contributed by atoms with van der Waals surface area (Å²) in [5.74, 6) is 1.18. The molecule has 0 aliphatic heterocycles. The normalized spacial score (nSPS) is 12.3. The van der Waals surface area contributed by atoms with Crippen LogP contribution in [0.5, 0.6) is 5.75 Å². The number of carbonyl (C=O) groups is 1. The van der Waals surface area contributed by atoms with Gasteiger partial charge >= 0.3 is 0 Å². The van der Waals surface area contributed by atoms with Crippen molar-refractivity contribution in [3.05, 3.63) is 66.6 Å². The molecule has 7 nitrogen and oxygen atoms in total. The van der Waals surface area contributed by atoms with Crippen LogP contribution in [0.4, 0.5) is 0 Å². The number of nitrogens with one attached hydrogen (secondary N) is 2. The topological polar surface area (TPSA) is 101 Å². The van der Waals surface area contributed by atoms with E-state index in [9.17, 15) is 13.2 Å². The number of aromatic amines is 1. The van der Waals surface area contributed by atoms with Gasteiger partial charge in [0.05, 0.1) is 29.4 Å². The zero-order valence-electron chi connectivity index (χ0n) is 17.0. The van der Waals surface area contributed by atoms with Crippen molar-refractivity contribution in [1.29, 1.82) is 0 Å². The van der Waals surface area contributed by atoms with Crippen LogP contribution in [0.1, 0.15) is 31.6 Å². The number of hydrogen-bond acceptors (Lipinski definition) is 5. The van der Waals surface area contributed by atoms with Gasteiger partial charge in [-0.3, -0.25) is 4.79 Å². The molecule has 1 heterocycles. The average molecular weight is 428 g/mol. The largest absolute Gasteiger partial charge is 0.494 e. The van der Waals surface area contributed by atoms with Gasteiger partial charge in [-0.1, -0.05) is 30.3 Å². The lowest BCUT2D eigenvalue weighted by Gasteiger charge is -2.12. The van der Waals surface area contributed by atoms with E-state index in [1.54, 1.807) is 18.3 Å². The minimum absolute atomic E-state index is 0.0869. The molecule has 0 aliphatic carbocycles. The first-order valence-electron chi connectivity index (χ1n) is 9.65. The van der Waals surface area contributed by atoms with Gasteiger partial charge in [-0.05, 0) is 43.2 Å². The number of ether oxygens (including phenoxy) is 1. The Balaban J connectivity index is 1.42. The molecule has 1 amide bonds. The van der Waals surface area contributed by atoms with E-state index in [4.69, 9.17) is 4.74 Å². The number of benzene rings is 2. The van der Waals surface area contributed by atoms with Crippen molar-refractivity contribution in [2.45, 2.75) is 30.7 Å². The number of carbonyl (C=O) groups excluding carboxylic acids is 1. The number of sulfone groups is 1. The number of hydrogen-bond donors (Lipinski definition) is 2. The van der Waals surface area contributed by atoms with Crippen LogP contribution < -0.4 is 10.1 Å². The molecule has 8 heteroatoms. The van der Waals surface area contributed by atoms with E-state index in [1.807, 2.05) is 37.3 Å². The molecule has 158 valence electrons. The van der Waals surface area contributed by atoms with Crippen LogP contribution in [0.15, 0.2) is 65.7 Å². The molecule has 0 saturated carbocycles. The molecule has 30 heavy (non-hydrogen) atoms. The van der Waals surface area contributed by atoms with Crippen molar-refractivity contribution >= 4 is 15.7 Å². The van der Waals surface area contributed by atoms with E-state index in [0.717, 1.165) is 17.5 Å². The van der Waals surface area contributed by atoms with Crippen molar-refractivity contribution in [1.82, 2.24) is 15.3 Å². The number of amides is 1. The second-order valence-corrected chi connectivity index (χ2v) is 9.05. The Hall–Kier alpha value is -3.13. The number of imidazole rings is 1. The molecule has 0 spiro atoms. The van der Waals surface area contributed by atoms with Gasteiger partial charge < -0.3 is 15.0 Å². The Labute approximate surface area is 176 Å². The molecule has 1 atom stereocenters. The van der Waals surface area contributed by atoms with Crippen LogP contribution in [-0.4, -0.2) is 37.2 Å². The first-order valence-corrected chi connectivity index (χ1v) is 11.5. The van der Waals surface area contributed by atoms with E-state index in [1.165, 1.54) is 12.1 Å². The molecule has 0 radical (unpaired) electrons. The highest BCUT2D eigenvalue weighted by Crippen LogP contribution is 2.19. The fraction of sp³-hybridized carbons (Fsp3) is 0.273. The Kier molecular flexibility index (Phi) is 6.89. The number of rotatable bonds is 9. The summed E-state index contributed by atoms with van der Waals surface area (Å²) < 4.78 is 28.5. The molecular weight excluding hydrogens is 402 g/mol. The van der Waals surface area contributed by atoms with Crippen LogP contribution in [0, 0.1) is 0 Å². The van der Waals surface area contributed by atoms with E-state index in [-0.39, 0.29) is 16.8 Å². The smallest absolute Gasteiger partial charge is 0.220 e. The lowest BCUT2D eigenvalue weighted by atomic mass is 10.2. The van der Waals surface area contributed by atoms with Gasteiger partial charge in [0.2, 0.25) is 5.91 Å². The maximum absolute atomic E-state index is 12.2. The van der Waals surface area contributed by atoms with Gasteiger partial charge in [0.1, 0.15) is 11.6 Å². The van der Waals surface area contributed by atoms with E-state index < -0.39 is 9.84 Å². The predicted molar refractivity (Wildman–Crippen MR) is 115 cm³/mol. The summed E-state index contributed by atoms with van der Waals surface area (Å²) in [5, 5.41) is 2.93. The third-order valence-corrected chi connectivity index (χ3v) is 5.67. The van der Waals surface area contributed by atoms with E-state index in [0.29, 0.717) is 31.0 Å². The fourth-order valence-corrected chi connectivity index (χ4v) is 3.54. The highest BCUT2D eigenvalue weighted by Gasteiger charge is 2.13. The van der Waals surface area contributed by atoms with Crippen molar-refractivity contribution in [2.24, 2.45) is 0 Å². The first kappa shape index (κ1) is 21.6. The first-order chi connectivity index (χ1) is 14.3. The van der Waals surface area contributed by atoms with Crippen LogP contribution in [0.25, 0.3) is 11.3 Å². The molecular formula is C22H25N3O4S. The van der Waals surface area contributed by atoms with Gasteiger partial charge in [0, 0.05) is 12.7 Å². The van der Waals surface area contributed by atoms with Crippen LogP contribution in [-0.2, 0) is 14.6 Å². The van der Waals surface area contributed by atoms with Gasteiger partial charge in [-0.15, -0.1) is 0 Å². The van der Waals surface area contributed by atoms with Crippen molar-refractivity contribution in [3.8, 4) is 17.0 Å². The standard InChI is InChI=1S/C22H25N3O4S/c1-16(22-23-15-20(25-22)17-7-4-3-5-8-17)24-21(26)9-6-14-29-18-10-12-19(13-11-18)30(2,27)28/h3-5,7-8,10-13,15-16H,6,9,14H2,1-2H3,(H,23,25)(H,24,26). The summed E-state index contributed by atoms with van der Waals surface area (Å²) in [6.07, 6.45) is 3.78. The summed E-state index contributed by atoms with van der Waals surface area (Å²) in [5.41, 5.74) is 1.94. The van der Waals surface area contributed by atoms with Gasteiger partial charge in [-0.2, -0.15) is 0 Å². The number of nitrogens with zero attached hydrogens (tertiary/aromatic N) is 1. The average Bonchev–Trinajstić information content (AvgIpc) is 3.22. The highest BCUT2D eigenvalue weighted by atomic mass is 32.2. The van der Waals surface area contributed by atoms with Gasteiger partial charge in [-0.25, -0.2) is 13.4 Å². The quantitative estimate of drug-likeness (QED) is 0.509. The van der Waals surface area contributed by atoms with E-state index in [2.05, 4.69) is 15.3 Å². The molecule has 1 aromatic heterocycles. The minimum atomic E-state index is -3.22. The second-order valence-electron chi connectivity index (χ2n) is 7.03. The lowest BCUT2D eigenvalue weighted by Crippen LogP contribution is -2.27. The SMILES string of the molecule is CC(NC(=O)CCCOc1ccc(S(C)(=O)=O)cc1)c1ncc(-c2ccccc2)[nH]1. The molecule has 0 fully saturated rings. The molecule has 0 saturated heterocycles. The Morgan fingerprint density at radius 1 is 1.13 bits per heavy atom. The zero-order chi connectivity index (χ0) is 21.6. The molecule has 3 aromatic rings. The minimum Gasteiger partial charge on any atom is -0.494 e. The number of aromatic nitrogens is 2. The van der Waals surface area contributed by atoms with E-state index >= 15 is 0 Å². The summed E-state index contributed by atoms with van der Waals surface area (Å²) in [4.78, 5) is 20.1. The van der Waals surface area contributed by atoms with Crippen LogP contribution in [0.2, 0.25) is 0 Å². The van der Waals surface area contributed by atoms with Crippen molar-refractivity contribution in [2.75, 3.05) is 12.9 Å². The van der Waals surface area contributed by atoms with Crippen molar-refractivity contribution in [3.63, 3.8) is 0 Å². The summed E-state index contributed by atoms with van der Waals surface area (Å²) in [7, 11) is -3.22. The Morgan fingerprint density at radius 2 is 1.83 bits per heavy atom. The lowest BCUT2D eigenvalue weighted by molar-refractivity contribution is -0.122. The molecule has 1 unspecified atom stereocenters. The highest BCUT2D eigenvalue weighted by molar-refractivity contribution is 7.90. The van der Waals surface area contributed by atoms with Gasteiger partial charge in [0.25, 0.3) is 0 Å². The van der Waals surface area contributed by atoms with Gasteiger partial charge in [0.15, 0.2) is 9.84 Å². The molecule has 2 aromatic carbocycles. The maximum atomic E-state index is 12.2. The summed E-state index contributed by atoms with van der Waals surface area (Å²) >= 11 is 0. The molecule has 3 rings (SSSR count). The molecule has 0 bridgehead atoms. The third-order valence-electron chi connectivity index (χ3n) is 4.54. The Bertz CT molecular complexity index is 1080.